The lowest BCUT2D eigenvalue weighted by atomic mass is 9.85. The van der Waals surface area contributed by atoms with Crippen LogP contribution in [0, 0.1) is 0 Å². The SMILES string of the molecule is Oc1c(O)c(O)c(-c2c3ccccc3c(-c3ccc4c(c3)c3c(n4-c4c(O)c(O)c(O)c(O)c4O)C=CNC3)c3ccccc23)c(O)c1O. The standard InChI is InChI=1S/C37H26N2O10/c40-28-26(29(41)33(45)36(48)32(28)44)25-18-7-3-1-5-16(18)24(17-6-2-4-8-19(17)25)15-9-10-22-20(13-15)21-14-38-12-11-23(21)39(22)27-30(42)34(46)37(49)35(47)31(27)43/h1-13,38,40-49H,14H2. The molecule has 1 aromatic heterocycles. The molecule has 8 rings (SSSR count). The summed E-state index contributed by atoms with van der Waals surface area (Å²) in [5, 5.41) is 112. The van der Waals surface area contributed by atoms with Crippen molar-refractivity contribution in [2.24, 2.45) is 0 Å². The summed E-state index contributed by atoms with van der Waals surface area (Å²) < 4.78 is 1.48. The van der Waals surface area contributed by atoms with Gasteiger partial charge in [0, 0.05) is 23.1 Å². The third-order valence-electron chi connectivity index (χ3n) is 9.16. The van der Waals surface area contributed by atoms with Crippen molar-refractivity contribution in [3.05, 3.63) is 84.2 Å². The summed E-state index contributed by atoms with van der Waals surface area (Å²) in [6.07, 6.45) is 3.38. The number of aromatic hydroxyl groups is 10. The Morgan fingerprint density at radius 2 is 0.939 bits per heavy atom. The van der Waals surface area contributed by atoms with Gasteiger partial charge < -0.3 is 60.9 Å². The third kappa shape index (κ3) is 3.85. The molecule has 244 valence electrons. The van der Waals surface area contributed by atoms with Gasteiger partial charge >= 0.3 is 0 Å². The van der Waals surface area contributed by atoms with E-state index in [0.29, 0.717) is 50.2 Å². The zero-order valence-electron chi connectivity index (χ0n) is 25.1. The molecule has 2 heterocycles. The van der Waals surface area contributed by atoms with Gasteiger partial charge in [0.1, 0.15) is 5.69 Å². The van der Waals surface area contributed by atoms with E-state index < -0.39 is 57.5 Å². The first-order chi connectivity index (χ1) is 23.5. The molecule has 6 aromatic carbocycles. The predicted molar refractivity (Wildman–Crippen MR) is 182 cm³/mol. The van der Waals surface area contributed by atoms with E-state index in [-0.39, 0.29) is 11.3 Å². The van der Waals surface area contributed by atoms with E-state index in [9.17, 15) is 51.1 Å². The van der Waals surface area contributed by atoms with Crippen LogP contribution in [0.3, 0.4) is 0 Å². The lowest BCUT2D eigenvalue weighted by Crippen LogP contribution is -2.11. The third-order valence-corrected chi connectivity index (χ3v) is 9.16. The minimum atomic E-state index is -1.06. The Labute approximate surface area is 275 Å². The number of fused-ring (bicyclic) bond motifs is 5. The second-order valence-corrected chi connectivity index (χ2v) is 11.7. The van der Waals surface area contributed by atoms with Crippen molar-refractivity contribution in [1.82, 2.24) is 9.88 Å². The zero-order chi connectivity index (χ0) is 34.5. The van der Waals surface area contributed by atoms with E-state index in [4.69, 9.17) is 0 Å². The van der Waals surface area contributed by atoms with Gasteiger partial charge in [0.25, 0.3) is 0 Å². The van der Waals surface area contributed by atoms with E-state index in [0.717, 1.165) is 16.7 Å². The second-order valence-electron chi connectivity index (χ2n) is 11.7. The van der Waals surface area contributed by atoms with Gasteiger partial charge in [-0.15, -0.1) is 0 Å². The highest BCUT2D eigenvalue weighted by Crippen LogP contribution is 2.58. The largest absolute Gasteiger partial charge is 0.504 e. The van der Waals surface area contributed by atoms with E-state index in [1.54, 1.807) is 42.6 Å². The van der Waals surface area contributed by atoms with Crippen LogP contribution in [0.5, 0.6) is 57.5 Å². The van der Waals surface area contributed by atoms with Crippen molar-refractivity contribution in [1.29, 1.82) is 0 Å². The molecule has 0 radical (unpaired) electrons. The fourth-order valence-corrected chi connectivity index (χ4v) is 6.95. The van der Waals surface area contributed by atoms with Crippen molar-refractivity contribution >= 4 is 38.5 Å². The molecular weight excluding hydrogens is 632 g/mol. The molecule has 0 fully saturated rings. The summed E-state index contributed by atoms with van der Waals surface area (Å²) in [5.41, 5.74) is 2.97. The molecule has 0 saturated carbocycles. The summed E-state index contributed by atoms with van der Waals surface area (Å²) in [4.78, 5) is 0. The number of aromatic nitrogens is 1. The fourth-order valence-electron chi connectivity index (χ4n) is 6.95. The van der Waals surface area contributed by atoms with Gasteiger partial charge in [0.15, 0.2) is 23.0 Å². The molecule has 1 aliphatic heterocycles. The van der Waals surface area contributed by atoms with Crippen LogP contribution in [-0.4, -0.2) is 55.6 Å². The topological polar surface area (TPSA) is 219 Å². The Bertz CT molecular complexity index is 2510. The molecule has 11 N–H and O–H groups in total. The van der Waals surface area contributed by atoms with Crippen LogP contribution < -0.4 is 5.32 Å². The van der Waals surface area contributed by atoms with Crippen LogP contribution in [0.2, 0.25) is 0 Å². The number of hydrogen-bond donors (Lipinski definition) is 11. The number of nitrogens with zero attached hydrogens (tertiary/aromatic N) is 1. The normalized spacial score (nSPS) is 12.5. The van der Waals surface area contributed by atoms with Gasteiger partial charge in [0.05, 0.1) is 16.8 Å². The summed E-state index contributed by atoms with van der Waals surface area (Å²) in [6.45, 7) is 0.350. The molecule has 12 nitrogen and oxygen atoms in total. The van der Waals surface area contributed by atoms with Gasteiger partial charge in [-0.1, -0.05) is 54.6 Å². The van der Waals surface area contributed by atoms with Crippen LogP contribution >= 0.6 is 0 Å². The maximum Gasteiger partial charge on any atom is 0.208 e. The maximum absolute atomic E-state index is 11.0. The number of rotatable bonds is 3. The first-order valence-corrected chi connectivity index (χ1v) is 14.9. The molecule has 7 aromatic rings. The second kappa shape index (κ2) is 10.2. The molecular formula is C37H26N2O10. The smallest absolute Gasteiger partial charge is 0.208 e. The van der Waals surface area contributed by atoms with Gasteiger partial charge in [-0.05, 0) is 57.1 Å². The Morgan fingerprint density at radius 3 is 1.47 bits per heavy atom. The number of phenolic OH excluding ortho intramolecular Hbond substituents is 10. The monoisotopic (exact) mass is 658 g/mol. The molecule has 12 heteroatoms. The van der Waals surface area contributed by atoms with Crippen molar-refractivity contribution in [2.75, 3.05) is 0 Å². The van der Waals surface area contributed by atoms with Crippen molar-refractivity contribution in [3.63, 3.8) is 0 Å². The zero-order valence-corrected chi connectivity index (χ0v) is 25.1. The first-order valence-electron chi connectivity index (χ1n) is 14.9. The first kappa shape index (κ1) is 29.3. The molecule has 0 saturated heterocycles. The molecule has 0 atom stereocenters. The average Bonchev–Trinajstić information content (AvgIpc) is 3.44. The highest BCUT2D eigenvalue weighted by molar-refractivity contribution is 6.23. The highest BCUT2D eigenvalue weighted by atomic mass is 16.4. The molecule has 49 heavy (non-hydrogen) atoms. The molecule has 1 aliphatic rings. The summed E-state index contributed by atoms with van der Waals surface area (Å²) in [7, 11) is 0. The fraction of sp³-hybridized carbons (Fsp3) is 0.0270. The van der Waals surface area contributed by atoms with Gasteiger partial charge in [-0.2, -0.15) is 0 Å². The Kier molecular flexibility index (Phi) is 6.11. The average molecular weight is 659 g/mol. The molecule has 0 amide bonds. The minimum absolute atomic E-state index is 0.272. The van der Waals surface area contributed by atoms with E-state index in [1.807, 2.05) is 36.4 Å². The van der Waals surface area contributed by atoms with E-state index in [2.05, 4.69) is 5.32 Å². The molecule has 0 unspecified atom stereocenters. The van der Waals surface area contributed by atoms with Crippen LogP contribution in [0.15, 0.2) is 72.9 Å². The Morgan fingerprint density at radius 1 is 0.469 bits per heavy atom. The van der Waals surface area contributed by atoms with Gasteiger partial charge in [0.2, 0.25) is 34.5 Å². The van der Waals surface area contributed by atoms with Gasteiger partial charge in [-0.25, -0.2) is 0 Å². The number of hydrogen-bond acceptors (Lipinski definition) is 11. The summed E-state index contributed by atoms with van der Waals surface area (Å²) in [5.74, 6) is -9.41. The molecule has 0 bridgehead atoms. The van der Waals surface area contributed by atoms with Crippen molar-refractivity contribution < 1.29 is 51.1 Å². The van der Waals surface area contributed by atoms with E-state index >= 15 is 0 Å². The predicted octanol–water partition coefficient (Wildman–Crippen LogP) is 6.40. The van der Waals surface area contributed by atoms with Crippen LogP contribution in [-0.2, 0) is 6.54 Å². The summed E-state index contributed by atoms with van der Waals surface area (Å²) >= 11 is 0. The van der Waals surface area contributed by atoms with Gasteiger partial charge in [-0.3, -0.25) is 0 Å². The maximum atomic E-state index is 11.0. The van der Waals surface area contributed by atoms with Crippen LogP contribution in [0.4, 0.5) is 0 Å². The highest BCUT2D eigenvalue weighted by Gasteiger charge is 2.30. The van der Waals surface area contributed by atoms with Crippen molar-refractivity contribution in [2.45, 2.75) is 6.54 Å². The lowest BCUT2D eigenvalue weighted by molar-refractivity contribution is 0.327. The quantitative estimate of drug-likeness (QED) is 0.0567. The summed E-state index contributed by atoms with van der Waals surface area (Å²) in [6, 6.07) is 19.9. The Balaban J connectivity index is 1.47. The number of phenols is 10. The Hall–Kier alpha value is -7.08. The minimum Gasteiger partial charge on any atom is -0.504 e. The number of benzene rings is 6. The molecule has 0 spiro atoms. The molecule has 0 aliphatic carbocycles. The van der Waals surface area contributed by atoms with Crippen molar-refractivity contribution in [3.8, 4) is 85.4 Å². The lowest BCUT2D eigenvalue weighted by Gasteiger charge is -2.20. The van der Waals surface area contributed by atoms with Crippen LogP contribution in [0.1, 0.15) is 11.3 Å². The van der Waals surface area contributed by atoms with Crippen LogP contribution in [0.25, 0.3) is 66.5 Å². The van der Waals surface area contributed by atoms with E-state index in [1.165, 1.54) is 4.57 Å². The number of nitrogens with one attached hydrogen (secondary N) is 1.